The summed E-state index contributed by atoms with van der Waals surface area (Å²) in [5.74, 6) is -1.04. The predicted octanol–water partition coefficient (Wildman–Crippen LogP) is 3.53. The average molecular weight is 468 g/mol. The van der Waals surface area contributed by atoms with Crippen LogP contribution in [0.25, 0.3) is 17.0 Å². The molecule has 0 saturated carbocycles. The molecule has 3 aromatic rings. The molecule has 9 heteroatoms. The van der Waals surface area contributed by atoms with Crippen LogP contribution in [0, 0.1) is 5.82 Å². The maximum Gasteiger partial charge on any atom is 0.266 e. The van der Waals surface area contributed by atoms with Crippen molar-refractivity contribution in [3.63, 3.8) is 0 Å². The molecule has 1 aromatic heterocycles. The third-order valence-corrected chi connectivity index (χ3v) is 6.38. The standard InChI is InChI=1S/C23H18FN3O3S2/c1-26(12-15-11-20(28)25-18-5-3-2-4-17(15)18)21(29)13-27-22(30)19(32-23(27)31)10-14-6-8-16(24)9-7-14/h2-11H,12-13H2,1H3,(H,25,28). The molecule has 32 heavy (non-hydrogen) atoms. The molecule has 1 fully saturated rings. The average Bonchev–Trinajstić information content (AvgIpc) is 3.02. The smallest absolute Gasteiger partial charge is 0.266 e. The molecule has 6 nitrogen and oxygen atoms in total. The van der Waals surface area contributed by atoms with Gasteiger partial charge in [0.2, 0.25) is 11.5 Å². The van der Waals surface area contributed by atoms with E-state index in [-0.39, 0.29) is 40.6 Å². The molecule has 1 saturated heterocycles. The van der Waals surface area contributed by atoms with Crippen LogP contribution in [0.2, 0.25) is 0 Å². The Hall–Kier alpha value is -3.30. The number of aromatic amines is 1. The number of thiocarbonyl (C=S) groups is 1. The molecule has 0 unspecified atom stereocenters. The third-order valence-electron chi connectivity index (χ3n) is 5.00. The molecule has 0 radical (unpaired) electrons. The normalized spacial score (nSPS) is 15.1. The Morgan fingerprint density at radius 3 is 2.66 bits per heavy atom. The Morgan fingerprint density at radius 2 is 1.91 bits per heavy atom. The zero-order valence-corrected chi connectivity index (χ0v) is 18.6. The number of nitrogens with zero attached hydrogens (tertiary/aromatic N) is 2. The molecule has 2 heterocycles. The number of carbonyl (C=O) groups is 2. The van der Waals surface area contributed by atoms with Crippen molar-refractivity contribution in [3.8, 4) is 0 Å². The largest absolute Gasteiger partial charge is 0.340 e. The van der Waals surface area contributed by atoms with Crippen LogP contribution in [-0.2, 0) is 16.1 Å². The van der Waals surface area contributed by atoms with Gasteiger partial charge in [-0.05, 0) is 35.4 Å². The Kier molecular flexibility index (Phi) is 6.20. The molecule has 1 aliphatic heterocycles. The van der Waals surface area contributed by atoms with E-state index in [1.54, 1.807) is 31.3 Å². The number of aromatic nitrogens is 1. The van der Waals surface area contributed by atoms with Gasteiger partial charge in [-0.3, -0.25) is 19.3 Å². The highest BCUT2D eigenvalue weighted by Crippen LogP contribution is 2.32. The summed E-state index contributed by atoms with van der Waals surface area (Å²) in [6, 6.07) is 14.6. The van der Waals surface area contributed by atoms with Crippen LogP contribution in [0.1, 0.15) is 11.1 Å². The molecular weight excluding hydrogens is 449 g/mol. The molecule has 2 amide bonds. The van der Waals surface area contributed by atoms with Gasteiger partial charge >= 0.3 is 0 Å². The van der Waals surface area contributed by atoms with Crippen molar-refractivity contribution in [1.82, 2.24) is 14.8 Å². The number of pyridine rings is 1. The molecule has 162 valence electrons. The van der Waals surface area contributed by atoms with E-state index in [4.69, 9.17) is 12.2 Å². The summed E-state index contributed by atoms with van der Waals surface area (Å²) in [5.41, 5.74) is 1.82. The highest BCUT2D eigenvalue weighted by molar-refractivity contribution is 8.26. The Balaban J connectivity index is 1.48. The minimum Gasteiger partial charge on any atom is -0.340 e. The van der Waals surface area contributed by atoms with Crippen molar-refractivity contribution in [1.29, 1.82) is 0 Å². The molecule has 0 aliphatic carbocycles. The number of hydrogen-bond donors (Lipinski definition) is 1. The van der Waals surface area contributed by atoms with Crippen LogP contribution in [0.3, 0.4) is 0 Å². The molecule has 1 aliphatic rings. The quantitative estimate of drug-likeness (QED) is 0.459. The lowest BCUT2D eigenvalue weighted by Gasteiger charge is -2.21. The number of benzene rings is 2. The maximum absolute atomic E-state index is 13.1. The summed E-state index contributed by atoms with van der Waals surface area (Å²) < 4.78 is 13.4. The van der Waals surface area contributed by atoms with E-state index >= 15 is 0 Å². The van der Waals surface area contributed by atoms with Gasteiger partial charge in [0.05, 0.1) is 4.91 Å². The molecule has 4 rings (SSSR count). The number of halogens is 1. The van der Waals surface area contributed by atoms with Crippen LogP contribution in [0.15, 0.2) is 64.3 Å². The van der Waals surface area contributed by atoms with E-state index in [9.17, 15) is 18.8 Å². The zero-order chi connectivity index (χ0) is 22.8. The lowest BCUT2D eigenvalue weighted by atomic mass is 10.1. The van der Waals surface area contributed by atoms with Gasteiger partial charge in [0, 0.05) is 30.6 Å². The van der Waals surface area contributed by atoms with Crippen LogP contribution in [-0.4, -0.2) is 44.5 Å². The Bertz CT molecular complexity index is 1320. The highest BCUT2D eigenvalue weighted by atomic mass is 32.2. The van der Waals surface area contributed by atoms with Gasteiger partial charge in [0.1, 0.15) is 16.7 Å². The first-order valence-corrected chi connectivity index (χ1v) is 10.9. The minimum absolute atomic E-state index is 0.205. The van der Waals surface area contributed by atoms with Crippen molar-refractivity contribution >= 4 is 57.1 Å². The summed E-state index contributed by atoms with van der Waals surface area (Å²) in [6.45, 7) is 0.00647. The number of fused-ring (bicyclic) bond motifs is 1. The fourth-order valence-corrected chi connectivity index (χ4v) is 4.61. The summed E-state index contributed by atoms with van der Waals surface area (Å²) in [6.07, 6.45) is 1.62. The molecule has 0 spiro atoms. The molecule has 0 bridgehead atoms. The fourth-order valence-electron chi connectivity index (χ4n) is 3.35. The van der Waals surface area contributed by atoms with E-state index in [1.165, 1.54) is 28.0 Å². The van der Waals surface area contributed by atoms with Crippen molar-refractivity contribution in [3.05, 3.63) is 86.8 Å². The number of hydrogen-bond acceptors (Lipinski definition) is 5. The lowest BCUT2D eigenvalue weighted by molar-refractivity contribution is -0.134. The van der Waals surface area contributed by atoms with Crippen molar-refractivity contribution < 1.29 is 14.0 Å². The zero-order valence-electron chi connectivity index (χ0n) is 17.0. The van der Waals surface area contributed by atoms with Crippen LogP contribution >= 0.6 is 24.0 Å². The van der Waals surface area contributed by atoms with Gasteiger partial charge < -0.3 is 9.88 Å². The van der Waals surface area contributed by atoms with E-state index < -0.39 is 0 Å². The fraction of sp³-hybridized carbons (Fsp3) is 0.130. The number of para-hydroxylation sites is 1. The first-order chi connectivity index (χ1) is 15.3. The molecule has 0 atom stereocenters. The van der Waals surface area contributed by atoms with Crippen LogP contribution in [0.4, 0.5) is 4.39 Å². The van der Waals surface area contributed by atoms with E-state index in [0.29, 0.717) is 21.5 Å². The van der Waals surface area contributed by atoms with Gasteiger partial charge in [-0.1, -0.05) is 54.3 Å². The topological polar surface area (TPSA) is 73.5 Å². The number of thioether (sulfide) groups is 1. The third kappa shape index (κ3) is 4.63. The van der Waals surface area contributed by atoms with Crippen molar-refractivity contribution in [2.45, 2.75) is 6.54 Å². The van der Waals surface area contributed by atoms with Gasteiger partial charge in [0.25, 0.3) is 5.91 Å². The first-order valence-electron chi connectivity index (χ1n) is 9.67. The summed E-state index contributed by atoms with van der Waals surface area (Å²) in [5, 5.41) is 0.847. The summed E-state index contributed by atoms with van der Waals surface area (Å²) in [4.78, 5) is 43.4. The second-order valence-electron chi connectivity index (χ2n) is 7.27. The maximum atomic E-state index is 13.1. The van der Waals surface area contributed by atoms with Crippen molar-refractivity contribution in [2.24, 2.45) is 0 Å². The van der Waals surface area contributed by atoms with Gasteiger partial charge in [-0.15, -0.1) is 0 Å². The van der Waals surface area contributed by atoms with Gasteiger partial charge in [-0.25, -0.2) is 4.39 Å². The van der Waals surface area contributed by atoms with Gasteiger partial charge in [0.15, 0.2) is 0 Å². The SMILES string of the molecule is CN(Cc1cc(=O)[nH]c2ccccc12)C(=O)CN1C(=O)C(=Cc2ccc(F)cc2)SC1=S. The number of amides is 2. The van der Waals surface area contributed by atoms with E-state index in [2.05, 4.69) is 4.98 Å². The Labute approximate surface area is 192 Å². The molecule has 1 N–H and O–H groups in total. The summed E-state index contributed by atoms with van der Waals surface area (Å²) >= 11 is 6.40. The number of H-pyrrole nitrogens is 1. The monoisotopic (exact) mass is 467 g/mol. The van der Waals surface area contributed by atoms with Crippen molar-refractivity contribution in [2.75, 3.05) is 13.6 Å². The minimum atomic E-state index is -0.368. The Morgan fingerprint density at radius 1 is 1.19 bits per heavy atom. The number of likely N-dealkylation sites (N-methyl/N-ethyl adjacent to an activating group) is 1. The lowest BCUT2D eigenvalue weighted by Crippen LogP contribution is -2.40. The second-order valence-corrected chi connectivity index (χ2v) is 8.95. The summed E-state index contributed by atoms with van der Waals surface area (Å²) in [7, 11) is 1.62. The van der Waals surface area contributed by atoms with E-state index in [0.717, 1.165) is 17.1 Å². The van der Waals surface area contributed by atoms with Gasteiger partial charge in [-0.2, -0.15) is 0 Å². The van der Waals surface area contributed by atoms with E-state index in [1.807, 2.05) is 18.2 Å². The predicted molar refractivity (Wildman–Crippen MR) is 127 cm³/mol. The number of carbonyl (C=O) groups excluding carboxylic acids is 2. The highest BCUT2D eigenvalue weighted by Gasteiger charge is 2.34. The second kappa shape index (κ2) is 9.05. The first kappa shape index (κ1) is 21.9. The van der Waals surface area contributed by atoms with Crippen LogP contribution < -0.4 is 5.56 Å². The van der Waals surface area contributed by atoms with Crippen LogP contribution in [0.5, 0.6) is 0 Å². The molecule has 2 aromatic carbocycles. The number of rotatable bonds is 5. The molecular formula is C23H18FN3O3S2. The number of nitrogens with one attached hydrogen (secondary N) is 1.